The second kappa shape index (κ2) is 7.68. The number of anilines is 1. The minimum atomic E-state index is -0.122. The van der Waals surface area contributed by atoms with Gasteiger partial charge in [0.1, 0.15) is 18.1 Å². The number of furan rings is 1. The highest BCUT2D eigenvalue weighted by Crippen LogP contribution is 2.28. The molecule has 0 radical (unpaired) electrons. The Kier molecular flexibility index (Phi) is 5.36. The lowest BCUT2D eigenvalue weighted by atomic mass is 10.1. The number of rotatable bonds is 5. The Bertz CT molecular complexity index is 884. The third-order valence-electron chi connectivity index (χ3n) is 3.87. The van der Waals surface area contributed by atoms with Gasteiger partial charge in [-0.15, -0.1) is 0 Å². The fourth-order valence-corrected chi connectivity index (χ4v) is 2.88. The SMILES string of the molecule is Cc1cc(NC(=O)Cc2ccc(Br)cc2)ccc1-c1ccc(CO)o1. The van der Waals surface area contributed by atoms with Crippen LogP contribution in [0.5, 0.6) is 0 Å². The lowest BCUT2D eigenvalue weighted by Crippen LogP contribution is -2.14. The Morgan fingerprint density at radius 3 is 2.52 bits per heavy atom. The number of hydrogen-bond donors (Lipinski definition) is 2. The van der Waals surface area contributed by atoms with Crippen LogP contribution in [0.4, 0.5) is 5.69 Å². The van der Waals surface area contributed by atoms with E-state index in [0.717, 1.165) is 26.9 Å². The number of aryl methyl sites for hydroxylation is 1. The van der Waals surface area contributed by atoms with E-state index in [9.17, 15) is 4.79 Å². The molecular formula is C20H18BrNO3. The Morgan fingerprint density at radius 1 is 1.12 bits per heavy atom. The lowest BCUT2D eigenvalue weighted by molar-refractivity contribution is -0.115. The molecule has 0 spiro atoms. The maximum absolute atomic E-state index is 12.2. The molecule has 2 N–H and O–H groups in total. The van der Waals surface area contributed by atoms with E-state index in [1.165, 1.54) is 0 Å². The Labute approximate surface area is 154 Å². The smallest absolute Gasteiger partial charge is 0.228 e. The number of carbonyl (C=O) groups is 1. The molecular weight excluding hydrogens is 382 g/mol. The van der Waals surface area contributed by atoms with E-state index in [2.05, 4.69) is 21.2 Å². The zero-order chi connectivity index (χ0) is 17.8. The van der Waals surface area contributed by atoms with Gasteiger partial charge in [-0.3, -0.25) is 4.79 Å². The highest BCUT2D eigenvalue weighted by atomic mass is 79.9. The van der Waals surface area contributed by atoms with Gasteiger partial charge in [-0.25, -0.2) is 0 Å². The Morgan fingerprint density at radius 2 is 1.88 bits per heavy atom. The van der Waals surface area contributed by atoms with E-state index in [1.807, 2.05) is 55.5 Å². The minimum Gasteiger partial charge on any atom is -0.459 e. The topological polar surface area (TPSA) is 62.5 Å². The van der Waals surface area contributed by atoms with Crippen molar-refractivity contribution >= 4 is 27.5 Å². The molecule has 0 unspecified atom stereocenters. The summed E-state index contributed by atoms with van der Waals surface area (Å²) in [5.74, 6) is 1.17. The van der Waals surface area contributed by atoms with E-state index in [1.54, 1.807) is 6.07 Å². The van der Waals surface area contributed by atoms with Gasteiger partial charge in [-0.05, 0) is 60.5 Å². The van der Waals surface area contributed by atoms with Crippen LogP contribution in [0.2, 0.25) is 0 Å². The molecule has 0 saturated heterocycles. The first-order valence-electron chi connectivity index (χ1n) is 7.90. The van der Waals surface area contributed by atoms with Crippen LogP contribution in [0, 0.1) is 6.92 Å². The molecule has 1 aromatic heterocycles. The van der Waals surface area contributed by atoms with Gasteiger partial charge in [0.05, 0.1) is 6.42 Å². The molecule has 3 rings (SSSR count). The van der Waals surface area contributed by atoms with Gasteiger partial charge in [0, 0.05) is 15.7 Å². The quantitative estimate of drug-likeness (QED) is 0.653. The van der Waals surface area contributed by atoms with Crippen molar-refractivity contribution in [3.63, 3.8) is 0 Å². The van der Waals surface area contributed by atoms with Crippen molar-refractivity contribution in [3.8, 4) is 11.3 Å². The van der Waals surface area contributed by atoms with Gasteiger partial charge in [-0.1, -0.05) is 28.1 Å². The summed E-state index contributed by atoms with van der Waals surface area (Å²) in [6, 6.07) is 16.9. The summed E-state index contributed by atoms with van der Waals surface area (Å²) in [5, 5.41) is 12.0. The maximum atomic E-state index is 12.2. The molecule has 2 aromatic carbocycles. The van der Waals surface area contributed by atoms with Gasteiger partial charge in [-0.2, -0.15) is 0 Å². The predicted octanol–water partition coefficient (Wildman–Crippen LogP) is 4.69. The third kappa shape index (κ3) is 4.38. The average Bonchev–Trinajstić information content (AvgIpc) is 3.06. The van der Waals surface area contributed by atoms with Crippen molar-refractivity contribution in [1.29, 1.82) is 0 Å². The van der Waals surface area contributed by atoms with E-state index in [-0.39, 0.29) is 12.5 Å². The van der Waals surface area contributed by atoms with Crippen LogP contribution in [0.15, 0.2) is 63.5 Å². The number of aliphatic hydroxyl groups is 1. The van der Waals surface area contributed by atoms with Gasteiger partial charge in [0.25, 0.3) is 0 Å². The zero-order valence-corrected chi connectivity index (χ0v) is 15.3. The summed E-state index contributed by atoms with van der Waals surface area (Å²) in [6.07, 6.45) is 0.326. The summed E-state index contributed by atoms with van der Waals surface area (Å²) in [6.45, 7) is 1.84. The zero-order valence-electron chi connectivity index (χ0n) is 13.8. The standard InChI is InChI=1S/C20H18BrNO3/c1-13-10-16(6-8-18(13)19-9-7-17(12-23)25-19)22-20(24)11-14-2-4-15(21)5-3-14/h2-10,23H,11-12H2,1H3,(H,22,24). The van der Waals surface area contributed by atoms with E-state index >= 15 is 0 Å². The number of nitrogens with one attached hydrogen (secondary N) is 1. The molecule has 3 aromatic rings. The fraction of sp³-hybridized carbons (Fsp3) is 0.150. The summed E-state index contributed by atoms with van der Waals surface area (Å²) in [4.78, 5) is 12.2. The molecule has 0 aliphatic carbocycles. The second-order valence-corrected chi connectivity index (χ2v) is 6.72. The molecule has 4 nitrogen and oxygen atoms in total. The van der Waals surface area contributed by atoms with Crippen molar-refractivity contribution in [2.24, 2.45) is 0 Å². The third-order valence-corrected chi connectivity index (χ3v) is 4.40. The molecule has 25 heavy (non-hydrogen) atoms. The lowest BCUT2D eigenvalue weighted by Gasteiger charge is -2.09. The number of aliphatic hydroxyl groups excluding tert-OH is 1. The summed E-state index contributed by atoms with van der Waals surface area (Å²) >= 11 is 3.38. The number of carbonyl (C=O) groups excluding carboxylic acids is 1. The highest BCUT2D eigenvalue weighted by molar-refractivity contribution is 9.10. The van der Waals surface area contributed by atoms with Crippen molar-refractivity contribution in [3.05, 3.63) is 76.0 Å². The molecule has 128 valence electrons. The average molecular weight is 400 g/mol. The van der Waals surface area contributed by atoms with Gasteiger partial charge < -0.3 is 14.8 Å². The molecule has 5 heteroatoms. The molecule has 0 atom stereocenters. The van der Waals surface area contributed by atoms with Gasteiger partial charge >= 0.3 is 0 Å². The minimum absolute atomic E-state index is 0.0602. The maximum Gasteiger partial charge on any atom is 0.228 e. The monoisotopic (exact) mass is 399 g/mol. The molecule has 0 aliphatic rings. The van der Waals surface area contributed by atoms with Crippen LogP contribution in [0.25, 0.3) is 11.3 Å². The molecule has 0 saturated carbocycles. The number of benzene rings is 2. The Balaban J connectivity index is 1.69. The molecule has 0 aliphatic heterocycles. The fourth-order valence-electron chi connectivity index (χ4n) is 2.62. The van der Waals surface area contributed by atoms with E-state index in [4.69, 9.17) is 9.52 Å². The van der Waals surface area contributed by atoms with Crippen LogP contribution in [0.1, 0.15) is 16.9 Å². The first kappa shape index (κ1) is 17.5. The molecule has 1 heterocycles. The first-order valence-corrected chi connectivity index (χ1v) is 8.69. The van der Waals surface area contributed by atoms with Crippen LogP contribution in [-0.2, 0) is 17.8 Å². The number of hydrogen-bond acceptors (Lipinski definition) is 3. The predicted molar refractivity (Wildman–Crippen MR) is 101 cm³/mol. The summed E-state index contributed by atoms with van der Waals surface area (Å²) < 4.78 is 6.56. The van der Waals surface area contributed by atoms with Crippen molar-refractivity contribution in [1.82, 2.24) is 0 Å². The normalized spacial score (nSPS) is 10.7. The van der Waals surface area contributed by atoms with E-state index in [0.29, 0.717) is 17.9 Å². The summed E-state index contributed by atoms with van der Waals surface area (Å²) in [5.41, 5.74) is 3.63. The number of halogens is 1. The van der Waals surface area contributed by atoms with Crippen LogP contribution < -0.4 is 5.32 Å². The van der Waals surface area contributed by atoms with Crippen molar-refractivity contribution in [2.75, 3.05) is 5.32 Å². The van der Waals surface area contributed by atoms with Gasteiger partial charge in [0.2, 0.25) is 5.91 Å². The van der Waals surface area contributed by atoms with E-state index < -0.39 is 0 Å². The number of amides is 1. The largest absolute Gasteiger partial charge is 0.459 e. The first-order chi connectivity index (χ1) is 12.0. The second-order valence-electron chi connectivity index (χ2n) is 5.81. The summed E-state index contributed by atoms with van der Waals surface area (Å²) in [7, 11) is 0. The van der Waals surface area contributed by atoms with Crippen LogP contribution >= 0.6 is 15.9 Å². The van der Waals surface area contributed by atoms with Gasteiger partial charge in [0.15, 0.2) is 0 Å². The molecule has 0 bridgehead atoms. The van der Waals surface area contributed by atoms with Crippen molar-refractivity contribution < 1.29 is 14.3 Å². The highest BCUT2D eigenvalue weighted by Gasteiger charge is 2.10. The molecule has 0 fully saturated rings. The van der Waals surface area contributed by atoms with Crippen LogP contribution in [-0.4, -0.2) is 11.0 Å². The Hall–Kier alpha value is -2.37. The van der Waals surface area contributed by atoms with Crippen LogP contribution in [0.3, 0.4) is 0 Å². The van der Waals surface area contributed by atoms with Crippen molar-refractivity contribution in [2.45, 2.75) is 20.0 Å². The molecule has 1 amide bonds.